The summed E-state index contributed by atoms with van der Waals surface area (Å²) in [7, 11) is 0. The number of nitrogens with one attached hydrogen (secondary N) is 1. The lowest BCUT2D eigenvalue weighted by Crippen LogP contribution is -2.49. The highest BCUT2D eigenvalue weighted by Gasteiger charge is 2.30. The summed E-state index contributed by atoms with van der Waals surface area (Å²) in [6.07, 6.45) is 2.94. The van der Waals surface area contributed by atoms with E-state index in [4.69, 9.17) is 4.74 Å². The number of anilines is 1. The van der Waals surface area contributed by atoms with Gasteiger partial charge in [-0.05, 0) is 32.4 Å². The van der Waals surface area contributed by atoms with Gasteiger partial charge >= 0.3 is 0 Å². The van der Waals surface area contributed by atoms with Gasteiger partial charge in [0.25, 0.3) is 5.91 Å². The molecule has 1 N–H and O–H groups in total. The van der Waals surface area contributed by atoms with Gasteiger partial charge in [-0.2, -0.15) is 0 Å². The van der Waals surface area contributed by atoms with E-state index in [1.807, 2.05) is 29.2 Å². The lowest BCUT2D eigenvalue weighted by molar-refractivity contribution is -0.140. The van der Waals surface area contributed by atoms with E-state index in [0.29, 0.717) is 6.54 Å². The van der Waals surface area contributed by atoms with Crippen molar-refractivity contribution in [2.24, 2.45) is 0 Å². The maximum atomic E-state index is 12.7. The third kappa shape index (κ3) is 3.90. The highest BCUT2D eigenvalue weighted by molar-refractivity contribution is 5.83. The highest BCUT2D eigenvalue weighted by atomic mass is 16.5. The van der Waals surface area contributed by atoms with Crippen LogP contribution in [0.4, 0.5) is 5.69 Å². The smallest absolute Gasteiger partial charge is 0.265 e. The fourth-order valence-corrected chi connectivity index (χ4v) is 2.59. The molecule has 4 nitrogen and oxygen atoms in total. The predicted octanol–water partition coefficient (Wildman–Crippen LogP) is 3.29. The zero-order valence-electron chi connectivity index (χ0n) is 13.3. The minimum atomic E-state index is -0.427. The minimum Gasteiger partial charge on any atom is -0.477 e. The molecular formula is C17H26N2O2. The van der Waals surface area contributed by atoms with Crippen LogP contribution in [0.2, 0.25) is 0 Å². The molecule has 116 valence electrons. The van der Waals surface area contributed by atoms with Gasteiger partial charge in [-0.3, -0.25) is 4.79 Å². The number of benzene rings is 1. The topological polar surface area (TPSA) is 41.6 Å². The van der Waals surface area contributed by atoms with Gasteiger partial charge in [-0.25, -0.2) is 0 Å². The van der Waals surface area contributed by atoms with Gasteiger partial charge in [0.2, 0.25) is 0 Å². The quantitative estimate of drug-likeness (QED) is 0.817. The van der Waals surface area contributed by atoms with E-state index in [1.54, 1.807) is 0 Å². The summed E-state index contributed by atoms with van der Waals surface area (Å²) in [6, 6.07) is 7.96. The number of para-hydroxylation sites is 2. The Balaban J connectivity index is 2.01. The van der Waals surface area contributed by atoms with Gasteiger partial charge in [0.15, 0.2) is 6.10 Å². The average Bonchev–Trinajstić information content (AvgIpc) is 2.50. The number of hydrogen-bond acceptors (Lipinski definition) is 3. The Labute approximate surface area is 127 Å². The molecule has 0 saturated heterocycles. The summed E-state index contributed by atoms with van der Waals surface area (Å²) in [5.41, 5.74) is 0.962. The molecule has 0 aliphatic carbocycles. The molecule has 0 radical (unpaired) electrons. The lowest BCUT2D eigenvalue weighted by atomic mass is 10.1. The van der Waals surface area contributed by atoms with E-state index in [9.17, 15) is 4.79 Å². The van der Waals surface area contributed by atoms with Crippen molar-refractivity contribution in [3.8, 4) is 5.75 Å². The fourth-order valence-electron chi connectivity index (χ4n) is 2.59. The Morgan fingerprint density at radius 1 is 1.38 bits per heavy atom. The van der Waals surface area contributed by atoms with Crippen molar-refractivity contribution in [1.82, 2.24) is 4.90 Å². The number of nitrogens with zero attached hydrogens (tertiary/aromatic N) is 1. The molecule has 0 spiro atoms. The molecule has 1 unspecified atom stereocenters. The zero-order valence-corrected chi connectivity index (χ0v) is 13.3. The van der Waals surface area contributed by atoms with Gasteiger partial charge in [-0.1, -0.05) is 31.9 Å². The Bertz CT molecular complexity index is 474. The van der Waals surface area contributed by atoms with Crippen LogP contribution < -0.4 is 10.1 Å². The van der Waals surface area contributed by atoms with Gasteiger partial charge in [-0.15, -0.1) is 0 Å². The van der Waals surface area contributed by atoms with Crippen molar-refractivity contribution in [1.29, 1.82) is 0 Å². The first-order chi connectivity index (χ1) is 10.1. The SMILES string of the molecule is CCCCCN(C(=O)C1CNc2ccccc2O1)C(C)C. The summed E-state index contributed by atoms with van der Waals surface area (Å²) in [6.45, 7) is 7.65. The van der Waals surface area contributed by atoms with E-state index in [1.165, 1.54) is 0 Å². The number of carbonyl (C=O) groups excluding carboxylic acids is 1. The molecule has 2 rings (SSSR count). The Kier molecular flexibility index (Phi) is 5.48. The number of amides is 1. The summed E-state index contributed by atoms with van der Waals surface area (Å²) in [4.78, 5) is 14.6. The van der Waals surface area contributed by atoms with E-state index >= 15 is 0 Å². The van der Waals surface area contributed by atoms with Crippen LogP contribution in [0.3, 0.4) is 0 Å². The highest BCUT2D eigenvalue weighted by Crippen LogP contribution is 2.28. The molecule has 0 bridgehead atoms. The van der Waals surface area contributed by atoms with Crippen molar-refractivity contribution in [3.05, 3.63) is 24.3 Å². The number of unbranched alkanes of at least 4 members (excludes halogenated alkanes) is 2. The fraction of sp³-hybridized carbons (Fsp3) is 0.588. The van der Waals surface area contributed by atoms with Gasteiger partial charge in [0, 0.05) is 12.6 Å². The molecule has 1 aromatic rings. The van der Waals surface area contributed by atoms with Gasteiger partial charge in [0.1, 0.15) is 5.75 Å². The second kappa shape index (κ2) is 7.34. The lowest BCUT2D eigenvalue weighted by Gasteiger charge is -2.33. The summed E-state index contributed by atoms with van der Waals surface area (Å²) in [5.74, 6) is 0.850. The first-order valence-electron chi connectivity index (χ1n) is 7.93. The Morgan fingerprint density at radius 3 is 2.86 bits per heavy atom. The molecular weight excluding hydrogens is 264 g/mol. The summed E-state index contributed by atoms with van der Waals surface area (Å²) >= 11 is 0. The van der Waals surface area contributed by atoms with Crippen molar-refractivity contribution in [2.75, 3.05) is 18.4 Å². The largest absolute Gasteiger partial charge is 0.477 e. The maximum Gasteiger partial charge on any atom is 0.265 e. The first kappa shape index (κ1) is 15.7. The van der Waals surface area contributed by atoms with Crippen LogP contribution in [-0.2, 0) is 4.79 Å². The number of fused-ring (bicyclic) bond motifs is 1. The number of carbonyl (C=O) groups is 1. The molecule has 1 atom stereocenters. The molecule has 1 aromatic carbocycles. The Morgan fingerprint density at radius 2 is 2.14 bits per heavy atom. The van der Waals surface area contributed by atoms with Crippen LogP contribution in [0.5, 0.6) is 5.75 Å². The molecule has 0 fully saturated rings. The number of ether oxygens (including phenoxy) is 1. The van der Waals surface area contributed by atoms with Crippen LogP contribution in [0, 0.1) is 0 Å². The third-order valence-electron chi connectivity index (χ3n) is 3.82. The maximum absolute atomic E-state index is 12.7. The molecule has 1 heterocycles. The second-order valence-corrected chi connectivity index (χ2v) is 5.82. The average molecular weight is 290 g/mol. The van der Waals surface area contributed by atoms with Crippen LogP contribution in [0.1, 0.15) is 40.0 Å². The van der Waals surface area contributed by atoms with Crippen LogP contribution in [0.15, 0.2) is 24.3 Å². The first-order valence-corrected chi connectivity index (χ1v) is 7.93. The van der Waals surface area contributed by atoms with Crippen LogP contribution >= 0.6 is 0 Å². The zero-order chi connectivity index (χ0) is 15.2. The van der Waals surface area contributed by atoms with E-state index in [0.717, 1.165) is 37.2 Å². The van der Waals surface area contributed by atoms with E-state index in [-0.39, 0.29) is 11.9 Å². The van der Waals surface area contributed by atoms with Crippen LogP contribution in [0.25, 0.3) is 0 Å². The molecule has 21 heavy (non-hydrogen) atoms. The normalized spacial score (nSPS) is 16.9. The molecule has 0 aromatic heterocycles. The van der Waals surface area contributed by atoms with E-state index in [2.05, 4.69) is 26.1 Å². The second-order valence-electron chi connectivity index (χ2n) is 5.82. The molecule has 1 aliphatic rings. The molecule has 1 amide bonds. The number of rotatable bonds is 6. The minimum absolute atomic E-state index is 0.0862. The molecule has 0 saturated carbocycles. The van der Waals surface area contributed by atoms with Crippen LogP contribution in [-0.4, -0.2) is 36.0 Å². The van der Waals surface area contributed by atoms with Crippen molar-refractivity contribution >= 4 is 11.6 Å². The third-order valence-corrected chi connectivity index (χ3v) is 3.82. The predicted molar refractivity (Wildman–Crippen MR) is 85.7 cm³/mol. The van der Waals surface area contributed by atoms with Gasteiger partial charge in [0.05, 0.1) is 12.2 Å². The molecule has 1 aliphatic heterocycles. The summed E-state index contributed by atoms with van der Waals surface area (Å²) in [5, 5.41) is 3.28. The standard InChI is InChI=1S/C17H26N2O2/c1-4-5-8-11-19(13(2)3)17(20)16-12-18-14-9-6-7-10-15(14)21-16/h6-7,9-10,13,16,18H,4-5,8,11-12H2,1-3H3. The summed E-state index contributed by atoms with van der Waals surface area (Å²) < 4.78 is 5.88. The van der Waals surface area contributed by atoms with Crippen molar-refractivity contribution in [3.63, 3.8) is 0 Å². The monoisotopic (exact) mass is 290 g/mol. The van der Waals surface area contributed by atoms with E-state index < -0.39 is 6.10 Å². The number of hydrogen-bond donors (Lipinski definition) is 1. The van der Waals surface area contributed by atoms with Crippen molar-refractivity contribution < 1.29 is 9.53 Å². The van der Waals surface area contributed by atoms with Gasteiger partial charge < -0.3 is 15.0 Å². The van der Waals surface area contributed by atoms with Crippen molar-refractivity contribution in [2.45, 2.75) is 52.2 Å². The Hall–Kier alpha value is -1.71. The molecule has 4 heteroatoms.